The first-order valence-electron chi connectivity index (χ1n) is 8.03. The van der Waals surface area contributed by atoms with Crippen LogP contribution in [0, 0.1) is 6.42 Å². The van der Waals surface area contributed by atoms with Gasteiger partial charge >= 0.3 is 0 Å². The number of benzene rings is 2. The van der Waals surface area contributed by atoms with E-state index in [0.717, 1.165) is 35.8 Å². The predicted octanol–water partition coefficient (Wildman–Crippen LogP) is 2.39. The fourth-order valence-electron chi connectivity index (χ4n) is 2.64. The lowest BCUT2D eigenvalue weighted by Gasteiger charge is -2.40. The van der Waals surface area contributed by atoms with Gasteiger partial charge in [0.2, 0.25) is 5.91 Å². The van der Waals surface area contributed by atoms with Crippen molar-refractivity contribution in [3.8, 4) is 11.5 Å². The van der Waals surface area contributed by atoms with E-state index >= 15 is 0 Å². The van der Waals surface area contributed by atoms with Crippen molar-refractivity contribution in [1.82, 2.24) is 0 Å². The van der Waals surface area contributed by atoms with E-state index in [9.17, 15) is 4.79 Å². The Balaban J connectivity index is 1.49. The lowest BCUT2D eigenvalue weighted by molar-refractivity contribution is -0.114. The topological polar surface area (TPSA) is 64.8 Å². The Morgan fingerprint density at radius 3 is 2.33 bits per heavy atom. The van der Waals surface area contributed by atoms with Gasteiger partial charge in [-0.25, -0.2) is 0 Å². The molecule has 5 heteroatoms. The van der Waals surface area contributed by atoms with Crippen LogP contribution in [0.2, 0.25) is 0 Å². The van der Waals surface area contributed by atoms with Crippen LogP contribution in [0.1, 0.15) is 12.5 Å². The normalized spacial score (nSPS) is 14.1. The predicted molar refractivity (Wildman–Crippen MR) is 93.3 cm³/mol. The third-order valence-corrected chi connectivity index (χ3v) is 3.85. The average molecular weight is 325 g/mol. The van der Waals surface area contributed by atoms with Crippen LogP contribution in [0.5, 0.6) is 11.5 Å². The third-order valence-electron chi connectivity index (χ3n) is 3.85. The largest absolute Gasteiger partial charge is 0.494 e. The van der Waals surface area contributed by atoms with Gasteiger partial charge in [-0.05, 0) is 48.9 Å². The molecule has 1 aliphatic rings. The van der Waals surface area contributed by atoms with E-state index in [1.807, 2.05) is 55.5 Å². The van der Waals surface area contributed by atoms with Crippen molar-refractivity contribution >= 4 is 11.6 Å². The molecule has 1 radical (unpaired) electrons. The number of nitrogens with two attached hydrogens (primary N) is 1. The highest BCUT2D eigenvalue weighted by atomic mass is 16.5. The minimum atomic E-state index is -0.435. The Bertz CT molecular complexity index is 677. The highest BCUT2D eigenvalue weighted by Crippen LogP contribution is 2.25. The van der Waals surface area contributed by atoms with Crippen LogP contribution in [-0.2, 0) is 4.79 Å². The zero-order valence-corrected chi connectivity index (χ0v) is 13.6. The van der Waals surface area contributed by atoms with Gasteiger partial charge < -0.3 is 20.1 Å². The minimum absolute atomic E-state index is 0.180. The Hall–Kier alpha value is -2.69. The van der Waals surface area contributed by atoms with Crippen LogP contribution in [0.25, 0.3) is 0 Å². The van der Waals surface area contributed by atoms with Crippen molar-refractivity contribution in [3.63, 3.8) is 0 Å². The molecule has 5 nitrogen and oxygen atoms in total. The van der Waals surface area contributed by atoms with Gasteiger partial charge in [-0.3, -0.25) is 4.79 Å². The van der Waals surface area contributed by atoms with Crippen LogP contribution in [0.15, 0.2) is 48.5 Å². The molecule has 0 bridgehead atoms. The summed E-state index contributed by atoms with van der Waals surface area (Å²) in [5, 5.41) is 0. The number of primary amides is 1. The molecule has 2 aromatic carbocycles. The minimum Gasteiger partial charge on any atom is -0.494 e. The Kier molecular flexibility index (Phi) is 4.89. The molecular formula is C19H21N2O3. The molecule has 0 aliphatic carbocycles. The SMILES string of the molecule is CCOc1ccc(OC2CN(c3ccc([CH]C(N)=O)cc3)C2)cc1. The van der Waals surface area contributed by atoms with E-state index in [2.05, 4.69) is 4.90 Å². The summed E-state index contributed by atoms with van der Waals surface area (Å²) < 4.78 is 11.4. The van der Waals surface area contributed by atoms with Crippen molar-refractivity contribution in [1.29, 1.82) is 0 Å². The smallest absolute Gasteiger partial charge is 0.226 e. The molecule has 0 saturated carbocycles. The highest BCUT2D eigenvalue weighted by Gasteiger charge is 2.28. The molecule has 1 amide bonds. The maximum Gasteiger partial charge on any atom is 0.226 e. The van der Waals surface area contributed by atoms with Gasteiger partial charge in [0.05, 0.1) is 26.1 Å². The summed E-state index contributed by atoms with van der Waals surface area (Å²) in [5.74, 6) is 1.28. The quantitative estimate of drug-likeness (QED) is 0.849. The zero-order valence-electron chi connectivity index (χ0n) is 13.6. The number of hydrogen-bond donors (Lipinski definition) is 1. The summed E-state index contributed by atoms with van der Waals surface area (Å²) >= 11 is 0. The van der Waals surface area contributed by atoms with Gasteiger partial charge in [0.25, 0.3) is 0 Å². The van der Waals surface area contributed by atoms with Crippen LogP contribution >= 0.6 is 0 Å². The number of hydrogen-bond acceptors (Lipinski definition) is 4. The standard InChI is InChI=1S/C19H21N2O3/c1-2-23-16-7-9-17(10-8-16)24-18-12-21(13-18)15-5-3-14(4-6-15)11-19(20)22/h3-11,18H,2,12-13H2,1H3,(H2,20,22). The van der Waals surface area contributed by atoms with Crippen molar-refractivity contribution in [2.75, 3.05) is 24.6 Å². The van der Waals surface area contributed by atoms with Crippen LogP contribution in [0.4, 0.5) is 5.69 Å². The maximum absolute atomic E-state index is 10.9. The van der Waals surface area contributed by atoms with Gasteiger partial charge in [0.1, 0.15) is 17.6 Å². The van der Waals surface area contributed by atoms with Crippen molar-refractivity contribution < 1.29 is 14.3 Å². The first-order valence-corrected chi connectivity index (χ1v) is 8.03. The Morgan fingerprint density at radius 1 is 1.12 bits per heavy atom. The summed E-state index contributed by atoms with van der Waals surface area (Å²) in [5.41, 5.74) is 7.08. The van der Waals surface area contributed by atoms with E-state index in [1.165, 1.54) is 6.42 Å². The van der Waals surface area contributed by atoms with E-state index in [0.29, 0.717) is 6.61 Å². The molecule has 125 valence electrons. The summed E-state index contributed by atoms with van der Waals surface area (Å²) in [7, 11) is 0. The lowest BCUT2D eigenvalue weighted by atomic mass is 10.1. The molecule has 1 saturated heterocycles. The zero-order chi connectivity index (χ0) is 16.9. The van der Waals surface area contributed by atoms with E-state index in [1.54, 1.807) is 0 Å². The monoisotopic (exact) mass is 325 g/mol. The number of rotatable bonds is 7. The maximum atomic E-state index is 10.9. The van der Waals surface area contributed by atoms with Gasteiger partial charge in [0, 0.05) is 5.69 Å². The molecule has 0 spiro atoms. The van der Waals surface area contributed by atoms with Gasteiger partial charge in [-0.1, -0.05) is 12.1 Å². The first-order chi connectivity index (χ1) is 11.6. The number of carbonyl (C=O) groups is 1. The number of anilines is 1. The summed E-state index contributed by atoms with van der Waals surface area (Å²) in [6.07, 6.45) is 1.59. The number of amides is 1. The first kappa shape index (κ1) is 16.2. The molecule has 0 aromatic heterocycles. The van der Waals surface area contributed by atoms with Crippen LogP contribution in [0.3, 0.4) is 0 Å². The molecule has 2 N–H and O–H groups in total. The third kappa shape index (κ3) is 3.98. The van der Waals surface area contributed by atoms with Crippen LogP contribution < -0.4 is 20.1 Å². The fourth-order valence-corrected chi connectivity index (χ4v) is 2.64. The van der Waals surface area contributed by atoms with E-state index < -0.39 is 5.91 Å². The van der Waals surface area contributed by atoms with Crippen molar-refractivity contribution in [2.24, 2.45) is 5.73 Å². The van der Waals surface area contributed by atoms with Gasteiger partial charge in [0.15, 0.2) is 0 Å². The van der Waals surface area contributed by atoms with E-state index in [4.69, 9.17) is 15.2 Å². The average Bonchev–Trinajstić information content (AvgIpc) is 2.53. The second-order valence-corrected chi connectivity index (χ2v) is 5.69. The molecule has 1 heterocycles. The lowest BCUT2D eigenvalue weighted by Crippen LogP contribution is -2.54. The summed E-state index contributed by atoms with van der Waals surface area (Å²) in [6, 6.07) is 15.5. The highest BCUT2D eigenvalue weighted by molar-refractivity contribution is 5.86. The van der Waals surface area contributed by atoms with Gasteiger partial charge in [-0.2, -0.15) is 0 Å². The number of nitrogens with zero attached hydrogens (tertiary/aromatic N) is 1. The number of ether oxygens (including phenoxy) is 2. The summed E-state index contributed by atoms with van der Waals surface area (Å²) in [6.45, 7) is 4.30. The second-order valence-electron chi connectivity index (χ2n) is 5.69. The van der Waals surface area contributed by atoms with E-state index in [-0.39, 0.29) is 6.10 Å². The molecule has 0 unspecified atom stereocenters. The number of carbonyl (C=O) groups excluding carboxylic acids is 1. The van der Waals surface area contributed by atoms with Crippen molar-refractivity contribution in [3.05, 3.63) is 60.5 Å². The Labute approximate surface area is 142 Å². The Morgan fingerprint density at radius 2 is 1.75 bits per heavy atom. The summed E-state index contributed by atoms with van der Waals surface area (Å²) in [4.78, 5) is 13.1. The molecule has 1 aliphatic heterocycles. The molecule has 0 atom stereocenters. The fraction of sp³-hybridized carbons (Fsp3) is 0.263. The van der Waals surface area contributed by atoms with Gasteiger partial charge in [-0.15, -0.1) is 0 Å². The molecule has 2 aromatic rings. The second kappa shape index (κ2) is 7.25. The van der Waals surface area contributed by atoms with Crippen molar-refractivity contribution in [2.45, 2.75) is 13.0 Å². The molecular weight excluding hydrogens is 304 g/mol. The molecule has 3 rings (SSSR count). The molecule has 24 heavy (non-hydrogen) atoms. The van der Waals surface area contributed by atoms with Crippen LogP contribution in [-0.4, -0.2) is 31.7 Å². The molecule has 1 fully saturated rings.